The Labute approximate surface area is 155 Å². The summed E-state index contributed by atoms with van der Waals surface area (Å²) in [5, 5.41) is 2.66. The molecule has 0 aromatic heterocycles. The van der Waals surface area contributed by atoms with Crippen molar-refractivity contribution < 1.29 is 23.5 Å². The fourth-order valence-corrected chi connectivity index (χ4v) is 3.49. The zero-order valence-corrected chi connectivity index (χ0v) is 14.6. The van der Waals surface area contributed by atoms with Gasteiger partial charge < -0.3 is 19.7 Å². The molecule has 4 rings (SSSR count). The first-order valence-corrected chi connectivity index (χ1v) is 8.84. The number of halogens is 1. The van der Waals surface area contributed by atoms with E-state index in [4.69, 9.17) is 9.47 Å². The van der Waals surface area contributed by atoms with Gasteiger partial charge in [0, 0.05) is 12.1 Å². The lowest BCUT2D eigenvalue weighted by Gasteiger charge is -2.25. The fourth-order valence-electron chi connectivity index (χ4n) is 3.49. The van der Waals surface area contributed by atoms with Gasteiger partial charge in [0.2, 0.25) is 12.7 Å². The number of rotatable bonds is 4. The number of fused-ring (bicyclic) bond motifs is 1. The van der Waals surface area contributed by atoms with E-state index in [1.54, 1.807) is 35.2 Å². The van der Waals surface area contributed by atoms with E-state index in [9.17, 15) is 14.0 Å². The third-order valence-electron chi connectivity index (χ3n) is 4.86. The van der Waals surface area contributed by atoms with E-state index in [1.807, 2.05) is 0 Å². The van der Waals surface area contributed by atoms with Crippen molar-refractivity contribution >= 4 is 11.8 Å². The largest absolute Gasteiger partial charge is 0.454 e. The number of likely N-dealkylation sites (tertiary alicyclic amines) is 1. The van der Waals surface area contributed by atoms with E-state index < -0.39 is 0 Å². The molecular weight excluding hydrogens is 351 g/mol. The number of hydrogen-bond acceptors (Lipinski definition) is 4. The fraction of sp³-hybridized carbons (Fsp3) is 0.300. The van der Waals surface area contributed by atoms with Gasteiger partial charge in [-0.15, -0.1) is 0 Å². The monoisotopic (exact) mass is 370 g/mol. The first kappa shape index (κ1) is 17.3. The summed E-state index contributed by atoms with van der Waals surface area (Å²) in [6.45, 7) is 0.671. The highest BCUT2D eigenvalue weighted by Crippen LogP contribution is 2.33. The average molecular weight is 370 g/mol. The second kappa shape index (κ2) is 7.26. The molecule has 0 saturated carbocycles. The number of nitrogens with zero attached hydrogens (tertiary/aromatic N) is 1. The van der Waals surface area contributed by atoms with Crippen LogP contribution in [0.5, 0.6) is 11.5 Å². The van der Waals surface area contributed by atoms with Crippen LogP contribution in [-0.4, -0.2) is 36.6 Å². The molecule has 1 N–H and O–H groups in total. The summed E-state index contributed by atoms with van der Waals surface area (Å²) in [6.07, 6.45) is 1.71. The molecule has 0 radical (unpaired) electrons. The molecule has 2 aliphatic rings. The molecular formula is C20H19FN2O4. The third-order valence-corrected chi connectivity index (χ3v) is 4.86. The molecule has 0 unspecified atom stereocenters. The second-order valence-corrected chi connectivity index (χ2v) is 6.55. The Balaban J connectivity index is 1.38. The van der Waals surface area contributed by atoms with Gasteiger partial charge in [-0.2, -0.15) is 0 Å². The molecule has 27 heavy (non-hydrogen) atoms. The van der Waals surface area contributed by atoms with Crippen molar-refractivity contribution in [3.8, 4) is 11.5 Å². The molecule has 0 bridgehead atoms. The van der Waals surface area contributed by atoms with E-state index >= 15 is 0 Å². The number of hydrogen-bond donors (Lipinski definition) is 1. The summed E-state index contributed by atoms with van der Waals surface area (Å²) in [7, 11) is 0. The van der Waals surface area contributed by atoms with Crippen LogP contribution in [0.25, 0.3) is 0 Å². The van der Waals surface area contributed by atoms with Crippen LogP contribution in [0.2, 0.25) is 0 Å². The third kappa shape index (κ3) is 3.58. The average Bonchev–Trinajstić information content (AvgIpc) is 3.35. The zero-order chi connectivity index (χ0) is 18.8. The summed E-state index contributed by atoms with van der Waals surface area (Å²) >= 11 is 0. The van der Waals surface area contributed by atoms with Gasteiger partial charge in [-0.3, -0.25) is 9.59 Å². The van der Waals surface area contributed by atoms with Crippen molar-refractivity contribution in [1.29, 1.82) is 0 Å². The van der Waals surface area contributed by atoms with Gasteiger partial charge in [0.05, 0.1) is 12.6 Å². The van der Waals surface area contributed by atoms with Gasteiger partial charge in [0.25, 0.3) is 5.91 Å². The normalized spacial score (nSPS) is 17.8. The van der Waals surface area contributed by atoms with Gasteiger partial charge in [-0.1, -0.05) is 12.1 Å². The minimum atomic E-state index is -0.348. The van der Waals surface area contributed by atoms with Crippen molar-refractivity contribution in [3.05, 3.63) is 59.4 Å². The number of nitrogens with one attached hydrogen (secondary N) is 1. The van der Waals surface area contributed by atoms with Crippen LogP contribution >= 0.6 is 0 Å². The van der Waals surface area contributed by atoms with Crippen LogP contribution in [0.1, 0.15) is 34.8 Å². The molecule has 2 aromatic carbocycles. The minimum absolute atomic E-state index is 0.0828. The maximum Gasteiger partial charge on any atom is 0.251 e. The van der Waals surface area contributed by atoms with Crippen LogP contribution in [0, 0.1) is 5.82 Å². The molecule has 1 fully saturated rings. The summed E-state index contributed by atoms with van der Waals surface area (Å²) < 4.78 is 23.6. The molecule has 7 heteroatoms. The van der Waals surface area contributed by atoms with Crippen molar-refractivity contribution in [3.63, 3.8) is 0 Å². The first-order valence-electron chi connectivity index (χ1n) is 8.84. The van der Waals surface area contributed by atoms with Crippen molar-refractivity contribution in [2.45, 2.75) is 18.9 Å². The van der Waals surface area contributed by atoms with Gasteiger partial charge in [0.15, 0.2) is 11.5 Å². The Bertz CT molecular complexity index is 869. The number of benzene rings is 2. The summed E-state index contributed by atoms with van der Waals surface area (Å²) in [6, 6.07) is 11.0. The van der Waals surface area contributed by atoms with Crippen LogP contribution in [0.4, 0.5) is 4.39 Å². The lowest BCUT2D eigenvalue weighted by atomic mass is 10.0. The smallest absolute Gasteiger partial charge is 0.251 e. The molecule has 140 valence electrons. The van der Waals surface area contributed by atoms with Gasteiger partial charge in [-0.05, 0) is 48.7 Å². The molecule has 2 aliphatic heterocycles. The highest BCUT2D eigenvalue weighted by atomic mass is 19.1. The predicted octanol–water partition coefficient (Wildman–Crippen LogP) is 2.65. The van der Waals surface area contributed by atoms with E-state index in [2.05, 4.69) is 5.32 Å². The van der Waals surface area contributed by atoms with Gasteiger partial charge in [-0.25, -0.2) is 4.39 Å². The molecule has 1 saturated heterocycles. The lowest BCUT2D eigenvalue weighted by molar-refractivity contribution is -0.131. The van der Waals surface area contributed by atoms with Crippen molar-refractivity contribution in [2.24, 2.45) is 0 Å². The molecule has 6 nitrogen and oxygen atoms in total. The standard InChI is InChI=1S/C20H19FN2O4/c21-15-6-3-13(4-7-15)16-2-1-9-23(16)19(24)11-22-20(25)14-5-8-17-18(10-14)27-12-26-17/h3-8,10,16H,1-2,9,11-12H2,(H,22,25)/t16-/m0/s1. The highest BCUT2D eigenvalue weighted by molar-refractivity contribution is 5.97. The van der Waals surface area contributed by atoms with Crippen molar-refractivity contribution in [1.82, 2.24) is 10.2 Å². The molecule has 2 amide bonds. The maximum atomic E-state index is 13.1. The van der Waals surface area contributed by atoms with Gasteiger partial charge >= 0.3 is 0 Å². The van der Waals surface area contributed by atoms with E-state index in [0.717, 1.165) is 18.4 Å². The van der Waals surface area contributed by atoms with Crippen LogP contribution < -0.4 is 14.8 Å². The van der Waals surface area contributed by atoms with E-state index in [1.165, 1.54) is 12.1 Å². The topological polar surface area (TPSA) is 67.9 Å². The molecule has 2 aromatic rings. The lowest BCUT2D eigenvalue weighted by Crippen LogP contribution is -2.39. The molecule has 0 spiro atoms. The van der Waals surface area contributed by atoms with Crippen LogP contribution in [-0.2, 0) is 4.79 Å². The molecule has 1 atom stereocenters. The Morgan fingerprint density at radius 1 is 1.11 bits per heavy atom. The second-order valence-electron chi connectivity index (χ2n) is 6.55. The van der Waals surface area contributed by atoms with Crippen LogP contribution in [0.3, 0.4) is 0 Å². The predicted molar refractivity (Wildman–Crippen MR) is 95.0 cm³/mol. The van der Waals surface area contributed by atoms with E-state index in [0.29, 0.717) is 23.6 Å². The molecule has 0 aliphatic carbocycles. The SMILES string of the molecule is O=C(NCC(=O)N1CCC[C@H]1c1ccc(F)cc1)c1ccc2c(c1)OCO2. The number of carbonyl (C=O) groups excluding carboxylic acids is 2. The Morgan fingerprint density at radius 3 is 2.70 bits per heavy atom. The maximum absolute atomic E-state index is 13.1. The zero-order valence-electron chi connectivity index (χ0n) is 14.6. The Morgan fingerprint density at radius 2 is 1.89 bits per heavy atom. The quantitative estimate of drug-likeness (QED) is 0.899. The van der Waals surface area contributed by atoms with E-state index in [-0.39, 0.29) is 37.0 Å². The Kier molecular flexibility index (Phi) is 4.66. The summed E-state index contributed by atoms with van der Waals surface area (Å²) in [5.41, 5.74) is 1.31. The number of carbonyl (C=O) groups is 2. The highest BCUT2D eigenvalue weighted by Gasteiger charge is 2.30. The van der Waals surface area contributed by atoms with Gasteiger partial charge in [0.1, 0.15) is 5.82 Å². The van der Waals surface area contributed by atoms with Crippen LogP contribution in [0.15, 0.2) is 42.5 Å². The first-order chi connectivity index (χ1) is 13.1. The molecule has 2 heterocycles. The number of amides is 2. The summed E-state index contributed by atoms with van der Waals surface area (Å²) in [4.78, 5) is 26.7. The number of ether oxygens (including phenoxy) is 2. The minimum Gasteiger partial charge on any atom is -0.454 e. The summed E-state index contributed by atoms with van der Waals surface area (Å²) in [5.74, 6) is 0.312. The Hall–Kier alpha value is -3.09. The van der Waals surface area contributed by atoms with Crippen molar-refractivity contribution in [2.75, 3.05) is 19.9 Å².